The van der Waals surface area contributed by atoms with Crippen LogP contribution in [0.5, 0.6) is 23.0 Å². The molecule has 4 rings (SSSR count). The average molecular weight is 599 g/mol. The number of rotatable bonds is 7. The Morgan fingerprint density at radius 2 is 1.67 bits per heavy atom. The van der Waals surface area contributed by atoms with Crippen LogP contribution in [0.1, 0.15) is 5.56 Å². The van der Waals surface area contributed by atoms with Crippen LogP contribution in [0.15, 0.2) is 64.6 Å². The number of barbiturate groups is 1. The van der Waals surface area contributed by atoms with Crippen molar-refractivity contribution in [1.82, 2.24) is 5.32 Å². The Labute approximate surface area is 226 Å². The van der Waals surface area contributed by atoms with E-state index < -0.39 is 44.6 Å². The number of aromatic hydroxyl groups is 1. The first-order valence-corrected chi connectivity index (χ1v) is 11.5. The second-order valence-corrected chi connectivity index (χ2v) is 8.63. The van der Waals surface area contributed by atoms with E-state index in [-0.39, 0.29) is 38.7 Å². The minimum atomic E-state index is -0.972. The molecule has 2 N–H and O–H groups in total. The summed E-state index contributed by atoms with van der Waals surface area (Å²) in [6, 6.07) is 9.86. The number of anilines is 1. The molecule has 0 spiro atoms. The summed E-state index contributed by atoms with van der Waals surface area (Å²) in [7, 11) is 1.28. The third-order valence-electron chi connectivity index (χ3n) is 5.33. The fourth-order valence-corrected chi connectivity index (χ4v) is 4.08. The summed E-state index contributed by atoms with van der Waals surface area (Å²) < 4.78 is 11.2. The van der Waals surface area contributed by atoms with Gasteiger partial charge in [-0.05, 0) is 70.0 Å². The summed E-state index contributed by atoms with van der Waals surface area (Å²) in [5.41, 5.74) is -1.19. The summed E-state index contributed by atoms with van der Waals surface area (Å²) in [6.45, 7) is 0. The molecule has 39 heavy (non-hydrogen) atoms. The minimum absolute atomic E-state index is 0.0269. The summed E-state index contributed by atoms with van der Waals surface area (Å²) >= 11 is 3.27. The Morgan fingerprint density at radius 1 is 0.974 bits per heavy atom. The quantitative estimate of drug-likeness (QED) is 0.170. The zero-order valence-corrected chi connectivity index (χ0v) is 21.2. The van der Waals surface area contributed by atoms with E-state index in [1.54, 1.807) is 0 Å². The highest BCUT2D eigenvalue weighted by Gasteiger charge is 2.37. The van der Waals surface area contributed by atoms with Gasteiger partial charge in [-0.15, -0.1) is 0 Å². The molecule has 0 aromatic heterocycles. The number of carbonyl (C=O) groups excluding carboxylic acids is 3. The van der Waals surface area contributed by atoms with Gasteiger partial charge in [0.15, 0.2) is 11.5 Å². The van der Waals surface area contributed by atoms with Crippen LogP contribution in [-0.4, -0.2) is 39.9 Å². The first-order valence-electron chi connectivity index (χ1n) is 10.7. The Balaban J connectivity index is 1.71. The molecule has 14 nitrogen and oxygen atoms in total. The highest BCUT2D eigenvalue weighted by Crippen LogP contribution is 2.43. The lowest BCUT2D eigenvalue weighted by atomic mass is 10.1. The van der Waals surface area contributed by atoms with Crippen molar-refractivity contribution in [2.45, 2.75) is 0 Å². The van der Waals surface area contributed by atoms with Crippen molar-refractivity contribution in [3.05, 3.63) is 90.4 Å². The molecular formula is C24H15BrN4O10. The highest BCUT2D eigenvalue weighted by atomic mass is 79.9. The number of hydrogen-bond donors (Lipinski definition) is 2. The number of phenolic OH excluding ortho intramolecular Hbond substituents is 1. The molecule has 1 saturated heterocycles. The zero-order valence-electron chi connectivity index (χ0n) is 19.6. The van der Waals surface area contributed by atoms with Gasteiger partial charge < -0.3 is 14.6 Å². The van der Waals surface area contributed by atoms with Crippen molar-refractivity contribution in [2.24, 2.45) is 0 Å². The number of phenols is 1. The third-order valence-corrected chi connectivity index (χ3v) is 5.92. The van der Waals surface area contributed by atoms with Gasteiger partial charge in [0.25, 0.3) is 17.5 Å². The van der Waals surface area contributed by atoms with Crippen molar-refractivity contribution in [1.29, 1.82) is 0 Å². The number of amides is 4. The van der Waals surface area contributed by atoms with Crippen molar-refractivity contribution in [3.8, 4) is 23.0 Å². The van der Waals surface area contributed by atoms with Gasteiger partial charge in [-0.2, -0.15) is 0 Å². The van der Waals surface area contributed by atoms with Gasteiger partial charge in [0.2, 0.25) is 5.75 Å². The number of halogens is 1. The maximum atomic E-state index is 13.1. The summed E-state index contributed by atoms with van der Waals surface area (Å²) in [4.78, 5) is 59.5. The van der Waals surface area contributed by atoms with Crippen molar-refractivity contribution >= 4 is 56.9 Å². The van der Waals surface area contributed by atoms with Gasteiger partial charge in [-0.1, -0.05) is 0 Å². The molecular weight excluding hydrogens is 584 g/mol. The number of nitro groups is 2. The van der Waals surface area contributed by atoms with Gasteiger partial charge in [-0.25, -0.2) is 9.69 Å². The molecule has 0 atom stereocenters. The van der Waals surface area contributed by atoms with Gasteiger partial charge >= 0.3 is 11.7 Å². The van der Waals surface area contributed by atoms with Gasteiger partial charge in [-0.3, -0.25) is 35.1 Å². The Bertz CT molecular complexity index is 1590. The molecule has 1 heterocycles. The molecule has 0 radical (unpaired) electrons. The number of ether oxygens (including phenoxy) is 2. The molecule has 1 aliphatic rings. The van der Waals surface area contributed by atoms with Crippen LogP contribution in [-0.2, 0) is 9.59 Å². The largest absolute Gasteiger partial charge is 0.508 e. The molecule has 15 heteroatoms. The number of non-ortho nitro benzene ring substituents is 1. The standard InChI is InChI=1S/C24H15BrN4O10/c1-38-20-10-12(8-16-22(31)26-24(33)27(23(16)32)13-2-5-15(30)6-3-13)9-17(25)21(20)39-19-7-4-14(28(34)35)11-18(19)29(36)37/h2-11,30H,1H3,(H,26,31,33)/b16-8+. The van der Waals surface area contributed by atoms with Crippen LogP contribution in [0.2, 0.25) is 0 Å². The molecule has 3 aromatic rings. The fraction of sp³-hybridized carbons (Fsp3) is 0.0417. The molecule has 0 bridgehead atoms. The number of nitrogens with one attached hydrogen (secondary N) is 1. The van der Waals surface area contributed by atoms with Crippen LogP contribution in [0, 0.1) is 20.2 Å². The molecule has 0 saturated carbocycles. The molecule has 3 aromatic carbocycles. The van der Waals surface area contributed by atoms with E-state index in [0.29, 0.717) is 0 Å². The minimum Gasteiger partial charge on any atom is -0.508 e. The van der Waals surface area contributed by atoms with Crippen LogP contribution in [0.4, 0.5) is 21.9 Å². The zero-order chi connectivity index (χ0) is 28.4. The number of carbonyl (C=O) groups is 3. The number of imide groups is 2. The Morgan fingerprint density at radius 3 is 2.28 bits per heavy atom. The lowest BCUT2D eigenvalue weighted by Gasteiger charge is -2.26. The van der Waals surface area contributed by atoms with Gasteiger partial charge in [0, 0.05) is 6.07 Å². The SMILES string of the molecule is COc1cc(/C=C2\C(=O)NC(=O)N(c3ccc(O)cc3)C2=O)cc(Br)c1Oc1ccc([N+](=O)[O-])cc1[N+](=O)[O-]. The van der Waals surface area contributed by atoms with E-state index in [1.807, 2.05) is 0 Å². The number of nitrogens with zero attached hydrogens (tertiary/aromatic N) is 3. The average Bonchev–Trinajstić information content (AvgIpc) is 2.88. The number of nitro benzene ring substituents is 2. The first-order chi connectivity index (χ1) is 18.5. The second kappa shape index (κ2) is 10.6. The van der Waals surface area contributed by atoms with E-state index in [0.717, 1.165) is 23.1 Å². The maximum Gasteiger partial charge on any atom is 0.335 e. The first kappa shape index (κ1) is 26.7. The van der Waals surface area contributed by atoms with Crippen LogP contribution in [0.25, 0.3) is 6.08 Å². The number of benzene rings is 3. The number of urea groups is 1. The maximum absolute atomic E-state index is 13.1. The van der Waals surface area contributed by atoms with Gasteiger partial charge in [0.1, 0.15) is 11.3 Å². The second-order valence-electron chi connectivity index (χ2n) is 7.78. The predicted octanol–water partition coefficient (Wildman–Crippen LogP) is 4.44. The smallest absolute Gasteiger partial charge is 0.335 e. The van der Waals surface area contributed by atoms with Crippen LogP contribution >= 0.6 is 15.9 Å². The molecule has 0 unspecified atom stereocenters. The molecule has 198 valence electrons. The van der Waals surface area contributed by atoms with E-state index >= 15 is 0 Å². The van der Waals surface area contributed by atoms with Crippen molar-refractivity contribution < 1.29 is 38.8 Å². The Hall–Kier alpha value is -5.31. The third kappa shape index (κ3) is 5.37. The number of methoxy groups -OCH3 is 1. The van der Waals surface area contributed by atoms with E-state index in [2.05, 4.69) is 21.2 Å². The molecule has 1 fully saturated rings. The van der Waals surface area contributed by atoms with E-state index in [1.165, 1.54) is 49.6 Å². The van der Waals surface area contributed by atoms with Crippen molar-refractivity contribution in [2.75, 3.05) is 12.0 Å². The fourth-order valence-electron chi connectivity index (χ4n) is 3.54. The highest BCUT2D eigenvalue weighted by molar-refractivity contribution is 9.10. The number of hydrogen-bond acceptors (Lipinski definition) is 10. The van der Waals surface area contributed by atoms with Gasteiger partial charge in [0.05, 0.1) is 33.2 Å². The predicted molar refractivity (Wildman–Crippen MR) is 138 cm³/mol. The summed E-state index contributed by atoms with van der Waals surface area (Å²) in [5, 5.41) is 34.0. The lowest BCUT2D eigenvalue weighted by Crippen LogP contribution is -2.54. The van der Waals surface area contributed by atoms with Crippen LogP contribution in [0.3, 0.4) is 0 Å². The monoisotopic (exact) mass is 598 g/mol. The molecule has 4 amide bonds. The van der Waals surface area contributed by atoms with Crippen molar-refractivity contribution in [3.63, 3.8) is 0 Å². The normalized spacial score (nSPS) is 14.3. The molecule has 0 aliphatic carbocycles. The lowest BCUT2D eigenvalue weighted by molar-refractivity contribution is -0.394. The molecule has 1 aliphatic heterocycles. The topological polar surface area (TPSA) is 191 Å². The van der Waals surface area contributed by atoms with E-state index in [9.17, 15) is 39.7 Å². The van der Waals surface area contributed by atoms with E-state index in [4.69, 9.17) is 9.47 Å². The summed E-state index contributed by atoms with van der Waals surface area (Å²) in [5.74, 6) is -2.27. The Kier molecular flexibility index (Phi) is 7.26. The summed E-state index contributed by atoms with van der Waals surface area (Å²) in [6.07, 6.45) is 1.20. The van der Waals surface area contributed by atoms with Crippen LogP contribution < -0.4 is 19.7 Å².